The lowest BCUT2D eigenvalue weighted by atomic mass is 9.93. The van der Waals surface area contributed by atoms with Crippen molar-refractivity contribution in [2.75, 3.05) is 85.0 Å². The molecule has 0 atom stereocenters. The highest BCUT2D eigenvalue weighted by molar-refractivity contribution is 6.12. The van der Waals surface area contributed by atoms with Gasteiger partial charge in [-0.2, -0.15) is 0 Å². The number of amidine groups is 1. The molecule has 1 amide bonds. The van der Waals surface area contributed by atoms with E-state index in [0.717, 1.165) is 106 Å². The molecule has 2 aromatic heterocycles. The van der Waals surface area contributed by atoms with E-state index in [0.29, 0.717) is 30.5 Å². The number of aromatic nitrogens is 3. The Bertz CT molecular complexity index is 2080. The van der Waals surface area contributed by atoms with E-state index >= 15 is 0 Å². The highest BCUT2D eigenvalue weighted by Gasteiger charge is 2.27. The first-order valence-corrected chi connectivity index (χ1v) is 20.5. The van der Waals surface area contributed by atoms with Gasteiger partial charge in [0.1, 0.15) is 23.6 Å². The van der Waals surface area contributed by atoms with Gasteiger partial charge in [0, 0.05) is 111 Å². The van der Waals surface area contributed by atoms with Gasteiger partial charge in [-0.1, -0.05) is 32.5 Å². The second-order valence-corrected chi connectivity index (χ2v) is 17.1. The number of amides is 1. The van der Waals surface area contributed by atoms with Crippen LogP contribution in [0, 0.1) is 17.3 Å². The molecule has 13 heteroatoms. The lowest BCUT2D eigenvalue weighted by Gasteiger charge is -2.40. The van der Waals surface area contributed by atoms with Crippen molar-refractivity contribution in [1.29, 1.82) is 0 Å². The van der Waals surface area contributed by atoms with Crippen LogP contribution >= 0.6 is 0 Å². The van der Waals surface area contributed by atoms with E-state index in [2.05, 4.69) is 99.0 Å². The van der Waals surface area contributed by atoms with Gasteiger partial charge in [0.15, 0.2) is 5.84 Å². The molecular formula is C43H57N11O2. The molecule has 0 radical (unpaired) electrons. The fourth-order valence-electron chi connectivity index (χ4n) is 8.87. The molecule has 13 nitrogen and oxygen atoms in total. The van der Waals surface area contributed by atoms with Gasteiger partial charge in [-0.3, -0.25) is 9.69 Å². The molecule has 4 aliphatic heterocycles. The number of oxime groups is 1. The third kappa shape index (κ3) is 8.18. The predicted octanol–water partition coefficient (Wildman–Crippen LogP) is 6.46. The van der Waals surface area contributed by atoms with E-state index in [1.165, 1.54) is 36.1 Å². The lowest BCUT2D eigenvalue weighted by molar-refractivity contribution is -0.120. The average molecular weight is 760 g/mol. The Morgan fingerprint density at radius 3 is 2.21 bits per heavy atom. The summed E-state index contributed by atoms with van der Waals surface area (Å²) in [6, 6.07) is 15.5. The molecule has 8 rings (SSSR count). The van der Waals surface area contributed by atoms with Crippen molar-refractivity contribution < 1.29 is 10.0 Å². The number of piperidine rings is 2. The van der Waals surface area contributed by atoms with Crippen LogP contribution in [0.3, 0.4) is 0 Å². The Kier molecular flexibility index (Phi) is 10.9. The van der Waals surface area contributed by atoms with Crippen LogP contribution in [0.1, 0.15) is 59.3 Å². The first-order valence-electron chi connectivity index (χ1n) is 20.5. The molecule has 3 N–H and O–H groups in total. The Labute approximate surface area is 330 Å². The summed E-state index contributed by atoms with van der Waals surface area (Å²) in [6.45, 7) is 20.1. The minimum Gasteiger partial charge on any atom is -0.409 e. The third-order valence-corrected chi connectivity index (χ3v) is 12.3. The zero-order chi connectivity index (χ0) is 38.8. The van der Waals surface area contributed by atoms with Gasteiger partial charge < -0.3 is 35.1 Å². The Morgan fingerprint density at radius 2 is 1.52 bits per heavy atom. The Hall–Kier alpha value is -5.17. The predicted molar refractivity (Wildman–Crippen MR) is 227 cm³/mol. The summed E-state index contributed by atoms with van der Waals surface area (Å²) in [5, 5.41) is 17.9. The number of hydrogen-bond donors (Lipinski definition) is 3. The minimum atomic E-state index is -0.285. The molecule has 0 saturated carbocycles. The zero-order valence-electron chi connectivity index (χ0n) is 33.3. The molecule has 4 aromatic rings. The molecule has 0 spiro atoms. The molecule has 0 aliphatic carbocycles. The number of hydrogen-bond acceptors (Lipinski definition) is 10. The Morgan fingerprint density at radius 1 is 0.857 bits per heavy atom. The van der Waals surface area contributed by atoms with Crippen LogP contribution in [0.25, 0.3) is 21.9 Å². The number of rotatable bonds is 8. The summed E-state index contributed by atoms with van der Waals surface area (Å²) in [7, 11) is 0. The number of H-pyrrole nitrogens is 1. The van der Waals surface area contributed by atoms with Gasteiger partial charge in [0.25, 0.3) is 0 Å². The van der Waals surface area contributed by atoms with Crippen LogP contribution < -0.4 is 24.9 Å². The lowest BCUT2D eigenvalue weighted by Crippen LogP contribution is -2.49. The molecule has 296 valence electrons. The summed E-state index contributed by atoms with van der Waals surface area (Å²) >= 11 is 0. The first kappa shape index (κ1) is 37.7. The first-order chi connectivity index (χ1) is 27.1. The molecule has 0 unspecified atom stereocenters. The monoisotopic (exact) mass is 759 g/mol. The fraction of sp³-hybridized carbons (Fsp3) is 0.512. The number of aliphatic imine (C=N–C) groups is 1. The standard InChI is InChI=1S/C43H57N11O2/c1-30-47-38(55)16-22-54(30)34-7-5-33(6-8-34)51-18-14-32(15-19-51)28-50-23-25-52(26-24-50)35-9-10-36-37(27-35)48-40-39(36)41(46-29-45-40)53-20-12-31(13-21-53)11-17-44-42(49-56)43(2,3)4/h5-10,17,27,29,31-32,56H,1,11-16,18-26,28H2,2-4H3,(H,47,55)(H,45,46,48)/b44-17?,49-42-. The van der Waals surface area contributed by atoms with Crippen LogP contribution in [0.4, 0.5) is 22.9 Å². The van der Waals surface area contributed by atoms with Gasteiger partial charge >= 0.3 is 0 Å². The van der Waals surface area contributed by atoms with Crippen molar-refractivity contribution in [1.82, 2.24) is 25.2 Å². The van der Waals surface area contributed by atoms with E-state index in [1.807, 2.05) is 27.0 Å². The van der Waals surface area contributed by atoms with E-state index in [4.69, 9.17) is 4.98 Å². The largest absolute Gasteiger partial charge is 0.409 e. The molecular weight excluding hydrogens is 703 g/mol. The van der Waals surface area contributed by atoms with Crippen molar-refractivity contribution in [3.8, 4) is 0 Å². The maximum atomic E-state index is 11.7. The summed E-state index contributed by atoms with van der Waals surface area (Å²) in [6.07, 6.45) is 9.53. The van der Waals surface area contributed by atoms with Gasteiger partial charge in [-0.15, -0.1) is 0 Å². The number of anilines is 4. The number of carbonyl (C=O) groups is 1. The molecule has 4 fully saturated rings. The van der Waals surface area contributed by atoms with Crippen molar-refractivity contribution in [3.63, 3.8) is 0 Å². The summed E-state index contributed by atoms with van der Waals surface area (Å²) < 4.78 is 0. The van der Waals surface area contributed by atoms with Gasteiger partial charge in [0.05, 0.1) is 5.39 Å². The second kappa shape index (κ2) is 16.1. The molecule has 2 aromatic carbocycles. The quantitative estimate of drug-likeness (QED) is 0.0802. The smallest absolute Gasteiger partial charge is 0.227 e. The highest BCUT2D eigenvalue weighted by atomic mass is 16.4. The zero-order valence-corrected chi connectivity index (χ0v) is 33.3. The maximum absolute atomic E-state index is 11.7. The van der Waals surface area contributed by atoms with E-state index in [-0.39, 0.29) is 11.3 Å². The molecule has 4 saturated heterocycles. The molecule has 4 aliphatic rings. The van der Waals surface area contributed by atoms with Crippen LogP contribution in [0.5, 0.6) is 0 Å². The van der Waals surface area contributed by atoms with Gasteiger partial charge in [-0.05, 0) is 86.4 Å². The van der Waals surface area contributed by atoms with E-state index in [1.54, 1.807) is 6.33 Å². The topological polar surface area (TPSA) is 132 Å². The molecule has 6 heterocycles. The highest BCUT2D eigenvalue weighted by Crippen LogP contribution is 2.36. The molecule has 56 heavy (non-hydrogen) atoms. The normalized spacial score (nSPS) is 20.2. The summed E-state index contributed by atoms with van der Waals surface area (Å²) in [4.78, 5) is 41.4. The minimum absolute atomic E-state index is 0.0376. The maximum Gasteiger partial charge on any atom is 0.227 e. The van der Waals surface area contributed by atoms with Crippen molar-refractivity contribution in [3.05, 3.63) is 61.2 Å². The summed E-state index contributed by atoms with van der Waals surface area (Å²) in [5.74, 6) is 3.44. The number of fused-ring (bicyclic) bond motifs is 3. The fourth-order valence-corrected chi connectivity index (χ4v) is 8.87. The SMILES string of the molecule is C=C1NC(=O)CCN1c1ccc(N2CCC(CN3CCN(c4ccc5c(c4)[nH]c4ncnc(N6CCC(CC=N/C(=N\O)C(C)(C)C)CC6)c45)CC3)CC2)cc1. The van der Waals surface area contributed by atoms with Crippen LogP contribution in [-0.2, 0) is 4.79 Å². The van der Waals surface area contributed by atoms with Crippen molar-refractivity contribution >= 4 is 62.8 Å². The van der Waals surface area contributed by atoms with Crippen molar-refractivity contribution in [2.24, 2.45) is 27.4 Å². The second-order valence-electron chi connectivity index (χ2n) is 17.1. The number of carbonyl (C=O) groups excluding carboxylic acids is 1. The van der Waals surface area contributed by atoms with Gasteiger partial charge in [0.2, 0.25) is 5.91 Å². The van der Waals surface area contributed by atoms with Crippen molar-refractivity contribution in [2.45, 2.75) is 59.3 Å². The van der Waals surface area contributed by atoms with Crippen LogP contribution in [0.2, 0.25) is 0 Å². The molecule has 0 bridgehead atoms. The van der Waals surface area contributed by atoms with Crippen LogP contribution in [0.15, 0.2) is 71.3 Å². The van der Waals surface area contributed by atoms with Gasteiger partial charge in [-0.25, -0.2) is 15.0 Å². The number of nitrogens with zero attached hydrogens (tertiary/aromatic N) is 9. The Balaban J connectivity index is 0.820. The number of piperazine rings is 1. The van der Waals surface area contributed by atoms with Crippen LogP contribution in [-0.4, -0.2) is 108 Å². The average Bonchev–Trinajstić information content (AvgIpc) is 3.58. The summed E-state index contributed by atoms with van der Waals surface area (Å²) in [5.41, 5.74) is 5.32. The third-order valence-electron chi connectivity index (χ3n) is 12.3. The number of aromatic amines is 1. The van der Waals surface area contributed by atoms with E-state index < -0.39 is 0 Å². The van der Waals surface area contributed by atoms with E-state index in [9.17, 15) is 10.0 Å². The number of nitrogens with one attached hydrogen (secondary N) is 2. The number of benzene rings is 2.